The van der Waals surface area contributed by atoms with E-state index in [9.17, 15) is 19.5 Å². The molecule has 2 aliphatic rings. The van der Waals surface area contributed by atoms with E-state index in [1.165, 1.54) is 0 Å². The first-order chi connectivity index (χ1) is 10.4. The minimum atomic E-state index is -2.43. The quantitative estimate of drug-likeness (QED) is 0.810. The number of hydrogen-bond acceptors (Lipinski definition) is 5. The Balaban J connectivity index is 1.90. The van der Waals surface area contributed by atoms with Gasteiger partial charge in [0.1, 0.15) is 0 Å². The van der Waals surface area contributed by atoms with Crippen molar-refractivity contribution >= 4 is 23.4 Å². The topological polar surface area (TPSA) is 93.0 Å². The van der Waals surface area contributed by atoms with Gasteiger partial charge in [0, 0.05) is 18.4 Å². The first kappa shape index (κ1) is 14.6. The van der Waals surface area contributed by atoms with Gasteiger partial charge in [-0.2, -0.15) is 4.99 Å². The molecule has 1 aromatic carbocycles. The maximum Gasteiger partial charge on any atom is 0.294 e. The molecule has 0 bridgehead atoms. The summed E-state index contributed by atoms with van der Waals surface area (Å²) in [6.45, 7) is 1.75. The van der Waals surface area contributed by atoms with Crippen molar-refractivity contribution in [2.75, 3.05) is 0 Å². The zero-order chi connectivity index (χ0) is 15.9. The fourth-order valence-corrected chi connectivity index (χ4v) is 2.79. The van der Waals surface area contributed by atoms with Gasteiger partial charge in [-0.05, 0) is 18.1 Å². The van der Waals surface area contributed by atoms with Gasteiger partial charge in [0.25, 0.3) is 5.91 Å². The molecule has 6 nitrogen and oxygen atoms in total. The third kappa shape index (κ3) is 2.16. The van der Waals surface area contributed by atoms with Gasteiger partial charge in [0.15, 0.2) is 11.6 Å². The Hall–Kier alpha value is -2.34. The highest BCUT2D eigenvalue weighted by molar-refractivity contribution is 6.19. The van der Waals surface area contributed by atoms with E-state index in [-0.39, 0.29) is 24.7 Å². The summed E-state index contributed by atoms with van der Waals surface area (Å²) in [7, 11) is 0. The van der Waals surface area contributed by atoms with Crippen LogP contribution in [0.3, 0.4) is 0 Å². The van der Waals surface area contributed by atoms with Crippen LogP contribution in [0.15, 0.2) is 35.3 Å². The van der Waals surface area contributed by atoms with E-state index in [1.54, 1.807) is 37.3 Å². The van der Waals surface area contributed by atoms with E-state index in [2.05, 4.69) is 4.99 Å². The molecule has 1 atom stereocenters. The molecule has 1 unspecified atom stereocenters. The molecule has 0 spiro atoms. The van der Waals surface area contributed by atoms with Crippen LogP contribution in [0.4, 0.5) is 0 Å². The van der Waals surface area contributed by atoms with Gasteiger partial charge in [0.05, 0.1) is 0 Å². The predicted molar refractivity (Wildman–Crippen MR) is 76.2 cm³/mol. The number of Topliss-reactive ketones (excluding diaryl/α,β-unsaturated/α-hetero) is 2. The molecule has 1 saturated carbocycles. The summed E-state index contributed by atoms with van der Waals surface area (Å²) < 4.78 is 5.39. The van der Waals surface area contributed by atoms with Gasteiger partial charge in [-0.3, -0.25) is 14.4 Å². The summed E-state index contributed by atoms with van der Waals surface area (Å²) in [6, 6.07) is 8.65. The van der Waals surface area contributed by atoms with E-state index >= 15 is 0 Å². The molecule has 1 heterocycles. The number of aliphatic imine (C=N–C) groups is 1. The lowest BCUT2D eigenvalue weighted by molar-refractivity contribution is -0.169. The normalized spacial score (nSPS) is 31.9. The lowest BCUT2D eigenvalue weighted by Crippen LogP contribution is -2.61. The number of ether oxygens (including phenoxy) is 1. The molecule has 22 heavy (non-hydrogen) atoms. The summed E-state index contributed by atoms with van der Waals surface area (Å²) in [5, 5.41) is 10.5. The third-order valence-corrected chi connectivity index (χ3v) is 3.98. The summed E-state index contributed by atoms with van der Waals surface area (Å²) in [5.74, 6) is -2.30. The molecule has 3 rings (SSSR count). The fourth-order valence-electron chi connectivity index (χ4n) is 2.79. The Morgan fingerprint density at radius 3 is 2.32 bits per heavy atom. The van der Waals surface area contributed by atoms with Gasteiger partial charge in [-0.1, -0.05) is 25.1 Å². The van der Waals surface area contributed by atoms with E-state index < -0.39 is 29.2 Å². The van der Waals surface area contributed by atoms with Crippen LogP contribution in [0.2, 0.25) is 0 Å². The highest BCUT2D eigenvalue weighted by atomic mass is 16.5. The van der Waals surface area contributed by atoms with Crippen molar-refractivity contribution in [3.8, 4) is 0 Å². The summed E-state index contributed by atoms with van der Waals surface area (Å²) in [6.07, 6.45) is -1.51. The molecule has 1 aromatic rings. The molecule has 0 saturated heterocycles. The van der Waals surface area contributed by atoms with E-state index in [0.717, 1.165) is 0 Å². The van der Waals surface area contributed by atoms with Gasteiger partial charge in [0.2, 0.25) is 17.6 Å². The van der Waals surface area contributed by atoms with Crippen LogP contribution >= 0.6 is 0 Å². The number of hydrogen-bond donors (Lipinski definition) is 1. The Morgan fingerprint density at radius 1 is 1.14 bits per heavy atom. The van der Waals surface area contributed by atoms with Crippen LogP contribution in [-0.4, -0.2) is 40.2 Å². The average Bonchev–Trinajstić information content (AvgIpc) is 2.88. The first-order valence-corrected chi connectivity index (χ1v) is 7.06. The number of carbonyl (C=O) groups is 3. The molecular weight excluding hydrogens is 286 g/mol. The Bertz CT molecular complexity index is 661. The van der Waals surface area contributed by atoms with Crippen molar-refractivity contribution in [2.45, 2.75) is 31.5 Å². The SMILES string of the molecule is CC1CC(=O)C(O)(C2OC(c3ccccc3)=NC2=O)C(=O)C1. The average molecular weight is 301 g/mol. The monoisotopic (exact) mass is 301 g/mol. The van der Waals surface area contributed by atoms with Crippen molar-refractivity contribution in [2.24, 2.45) is 10.9 Å². The second kappa shape index (κ2) is 5.14. The maximum atomic E-state index is 12.2. The Morgan fingerprint density at radius 2 is 1.73 bits per heavy atom. The number of nitrogens with zero attached hydrogens (tertiary/aromatic N) is 1. The molecule has 1 N–H and O–H groups in total. The lowest BCUT2D eigenvalue weighted by atomic mass is 9.74. The maximum absolute atomic E-state index is 12.2. The number of rotatable bonds is 2. The molecule has 6 heteroatoms. The molecule has 1 aliphatic heterocycles. The van der Waals surface area contributed by atoms with E-state index in [1.807, 2.05) is 0 Å². The minimum absolute atomic E-state index is 0.0169. The Kier molecular flexibility index (Phi) is 3.41. The van der Waals surface area contributed by atoms with Crippen molar-refractivity contribution in [3.63, 3.8) is 0 Å². The molecule has 0 radical (unpaired) electrons. The lowest BCUT2D eigenvalue weighted by Gasteiger charge is -2.34. The zero-order valence-corrected chi connectivity index (χ0v) is 12.0. The second-order valence-corrected chi connectivity index (χ2v) is 5.75. The fraction of sp³-hybridized carbons (Fsp3) is 0.375. The number of benzene rings is 1. The third-order valence-electron chi connectivity index (χ3n) is 3.98. The number of amides is 1. The number of aliphatic hydroxyl groups is 1. The molecule has 1 amide bonds. The molecular formula is C16H15NO5. The van der Waals surface area contributed by atoms with Crippen molar-refractivity contribution in [1.29, 1.82) is 0 Å². The summed E-state index contributed by atoms with van der Waals surface area (Å²) >= 11 is 0. The highest BCUT2D eigenvalue weighted by Crippen LogP contribution is 2.33. The standard InChI is InChI=1S/C16H15NO5/c1-9-7-11(18)16(21,12(19)8-9)13-14(20)17-15(22-13)10-5-3-2-4-6-10/h2-6,9,13,21H,7-8H2,1H3. The molecule has 114 valence electrons. The molecule has 0 aromatic heterocycles. The second-order valence-electron chi connectivity index (χ2n) is 5.75. The summed E-state index contributed by atoms with van der Waals surface area (Å²) in [4.78, 5) is 40.1. The number of ketones is 2. The van der Waals surface area contributed by atoms with Gasteiger partial charge in [-0.25, -0.2) is 0 Å². The van der Waals surface area contributed by atoms with Crippen LogP contribution < -0.4 is 0 Å². The van der Waals surface area contributed by atoms with Crippen LogP contribution in [0.25, 0.3) is 0 Å². The first-order valence-electron chi connectivity index (χ1n) is 7.06. The van der Waals surface area contributed by atoms with E-state index in [4.69, 9.17) is 4.74 Å². The van der Waals surface area contributed by atoms with Gasteiger partial charge in [-0.15, -0.1) is 0 Å². The van der Waals surface area contributed by atoms with Gasteiger partial charge >= 0.3 is 0 Å². The Labute approximate surface area is 126 Å². The predicted octanol–water partition coefficient (Wildman–Crippen LogP) is 0.658. The van der Waals surface area contributed by atoms with E-state index in [0.29, 0.717) is 5.56 Å². The largest absolute Gasteiger partial charge is 0.459 e. The smallest absolute Gasteiger partial charge is 0.294 e. The van der Waals surface area contributed by atoms with Crippen LogP contribution in [0.5, 0.6) is 0 Å². The summed E-state index contributed by atoms with van der Waals surface area (Å²) in [5.41, 5.74) is -1.88. The van der Waals surface area contributed by atoms with Crippen LogP contribution in [0.1, 0.15) is 25.3 Å². The molecule has 1 fully saturated rings. The van der Waals surface area contributed by atoms with Crippen molar-refractivity contribution < 1.29 is 24.2 Å². The zero-order valence-electron chi connectivity index (χ0n) is 12.0. The van der Waals surface area contributed by atoms with Crippen molar-refractivity contribution in [1.82, 2.24) is 0 Å². The van der Waals surface area contributed by atoms with Crippen molar-refractivity contribution in [3.05, 3.63) is 35.9 Å². The van der Waals surface area contributed by atoms with Crippen LogP contribution in [0, 0.1) is 5.92 Å². The minimum Gasteiger partial charge on any atom is -0.459 e. The van der Waals surface area contributed by atoms with Gasteiger partial charge < -0.3 is 9.84 Å². The number of carbonyl (C=O) groups excluding carboxylic acids is 3. The van der Waals surface area contributed by atoms with Crippen LogP contribution in [-0.2, 0) is 19.1 Å². The molecule has 1 aliphatic carbocycles. The highest BCUT2D eigenvalue weighted by Gasteiger charge is 2.59.